The predicted octanol–water partition coefficient (Wildman–Crippen LogP) is 1.11. The highest BCUT2D eigenvalue weighted by atomic mass is 32.2. The molecule has 120 valence electrons. The number of nitrogen functional groups attached to an aromatic ring is 1. The number of nitrogens with zero attached hydrogens (tertiary/aromatic N) is 2. The van der Waals surface area contributed by atoms with Crippen LogP contribution in [0.15, 0.2) is 11.1 Å². The van der Waals surface area contributed by atoms with E-state index in [4.69, 9.17) is 10.5 Å². The van der Waals surface area contributed by atoms with Crippen LogP contribution in [0.5, 0.6) is 0 Å². The van der Waals surface area contributed by atoms with E-state index in [-0.39, 0.29) is 23.4 Å². The minimum atomic E-state index is -3.62. The second kappa shape index (κ2) is 7.24. The molecule has 0 atom stereocenters. The van der Waals surface area contributed by atoms with Crippen LogP contribution in [0.2, 0.25) is 0 Å². The minimum Gasteiger partial charge on any atom is -0.381 e. The van der Waals surface area contributed by atoms with E-state index >= 15 is 0 Å². The highest BCUT2D eigenvalue weighted by Crippen LogP contribution is 2.20. The summed E-state index contributed by atoms with van der Waals surface area (Å²) in [5.41, 5.74) is 5.68. The van der Waals surface area contributed by atoms with Gasteiger partial charge < -0.3 is 10.5 Å². The maximum absolute atomic E-state index is 12.2. The first-order valence-corrected chi connectivity index (χ1v) is 8.95. The summed E-state index contributed by atoms with van der Waals surface area (Å²) in [5.74, 6) is 0.0349. The van der Waals surface area contributed by atoms with Crippen LogP contribution in [0.4, 0.5) is 5.82 Å². The number of rotatable bonds is 8. The van der Waals surface area contributed by atoms with Gasteiger partial charge >= 0.3 is 0 Å². The Balaban J connectivity index is 1.85. The van der Waals surface area contributed by atoms with Crippen LogP contribution >= 0.6 is 0 Å². The number of hydrogen-bond donors (Lipinski definition) is 2. The molecule has 0 amide bonds. The van der Waals surface area contributed by atoms with E-state index in [1.807, 2.05) is 6.92 Å². The second-order valence-electron chi connectivity index (χ2n) is 5.32. The summed E-state index contributed by atoms with van der Waals surface area (Å²) in [5, 5.41) is 4.00. The molecule has 0 aromatic carbocycles. The molecule has 0 aliphatic heterocycles. The zero-order chi connectivity index (χ0) is 15.3. The van der Waals surface area contributed by atoms with Crippen molar-refractivity contribution in [1.29, 1.82) is 0 Å². The highest BCUT2D eigenvalue weighted by Gasteiger charge is 2.21. The molecule has 3 N–H and O–H groups in total. The van der Waals surface area contributed by atoms with Gasteiger partial charge in [-0.3, -0.25) is 4.68 Å². The fourth-order valence-electron chi connectivity index (χ4n) is 2.50. The third kappa shape index (κ3) is 4.42. The van der Waals surface area contributed by atoms with E-state index in [0.29, 0.717) is 13.2 Å². The SMILES string of the molecule is CCCn1cc(S(=O)(=O)NCCOC2CCCC2)c(N)n1. The van der Waals surface area contributed by atoms with E-state index in [1.165, 1.54) is 19.0 Å². The first-order chi connectivity index (χ1) is 10.0. The molecule has 1 aromatic rings. The Hall–Kier alpha value is -1.12. The molecule has 0 unspecified atom stereocenters. The number of anilines is 1. The quantitative estimate of drug-likeness (QED) is 0.700. The van der Waals surface area contributed by atoms with Gasteiger partial charge in [-0.1, -0.05) is 19.8 Å². The minimum absolute atomic E-state index is 0.0349. The molecule has 1 saturated carbocycles. The van der Waals surface area contributed by atoms with Crippen molar-refractivity contribution in [2.24, 2.45) is 0 Å². The van der Waals surface area contributed by atoms with E-state index < -0.39 is 10.0 Å². The lowest BCUT2D eigenvalue weighted by Crippen LogP contribution is -2.28. The number of hydrogen-bond acceptors (Lipinski definition) is 5. The molecule has 2 rings (SSSR count). The lowest BCUT2D eigenvalue weighted by molar-refractivity contribution is 0.0626. The van der Waals surface area contributed by atoms with Gasteiger partial charge in [-0.2, -0.15) is 5.10 Å². The van der Waals surface area contributed by atoms with Crippen molar-refractivity contribution in [3.63, 3.8) is 0 Å². The van der Waals surface area contributed by atoms with Crippen molar-refractivity contribution >= 4 is 15.8 Å². The van der Waals surface area contributed by atoms with Crippen molar-refractivity contribution < 1.29 is 13.2 Å². The average Bonchev–Trinajstić information content (AvgIpc) is 3.05. The molecule has 1 aliphatic rings. The van der Waals surface area contributed by atoms with Gasteiger partial charge in [0.1, 0.15) is 4.90 Å². The normalized spacial score (nSPS) is 16.6. The van der Waals surface area contributed by atoms with Crippen molar-refractivity contribution in [3.05, 3.63) is 6.20 Å². The predicted molar refractivity (Wildman–Crippen MR) is 80.3 cm³/mol. The summed E-state index contributed by atoms with van der Waals surface area (Å²) in [7, 11) is -3.62. The summed E-state index contributed by atoms with van der Waals surface area (Å²) in [6, 6.07) is 0. The van der Waals surface area contributed by atoms with Crippen LogP contribution in [0.25, 0.3) is 0 Å². The number of nitrogens with two attached hydrogens (primary N) is 1. The Morgan fingerprint density at radius 2 is 2.19 bits per heavy atom. The Morgan fingerprint density at radius 3 is 2.86 bits per heavy atom. The van der Waals surface area contributed by atoms with Crippen LogP contribution in [-0.2, 0) is 21.3 Å². The smallest absolute Gasteiger partial charge is 0.245 e. The van der Waals surface area contributed by atoms with Crippen LogP contribution in [0.1, 0.15) is 39.0 Å². The fraction of sp³-hybridized carbons (Fsp3) is 0.769. The van der Waals surface area contributed by atoms with Crippen LogP contribution in [0.3, 0.4) is 0 Å². The van der Waals surface area contributed by atoms with E-state index in [9.17, 15) is 8.42 Å². The first kappa shape index (κ1) is 16.3. The number of sulfonamides is 1. The summed E-state index contributed by atoms with van der Waals surface area (Å²) in [6.45, 7) is 3.26. The molecule has 0 radical (unpaired) electrons. The molecule has 1 fully saturated rings. The number of nitrogens with one attached hydrogen (secondary N) is 1. The maximum atomic E-state index is 12.2. The van der Waals surface area contributed by atoms with Crippen molar-refractivity contribution in [3.8, 4) is 0 Å². The first-order valence-electron chi connectivity index (χ1n) is 7.47. The number of ether oxygens (including phenoxy) is 1. The van der Waals surface area contributed by atoms with Gasteiger partial charge in [-0.15, -0.1) is 0 Å². The van der Waals surface area contributed by atoms with Crippen molar-refractivity contribution in [1.82, 2.24) is 14.5 Å². The molecule has 21 heavy (non-hydrogen) atoms. The molecule has 0 bridgehead atoms. The van der Waals surface area contributed by atoms with Crippen LogP contribution in [0, 0.1) is 0 Å². The largest absolute Gasteiger partial charge is 0.381 e. The van der Waals surface area contributed by atoms with E-state index in [0.717, 1.165) is 19.3 Å². The van der Waals surface area contributed by atoms with Crippen LogP contribution < -0.4 is 10.5 Å². The van der Waals surface area contributed by atoms with Gasteiger partial charge in [0.05, 0.1) is 12.7 Å². The van der Waals surface area contributed by atoms with E-state index in [2.05, 4.69) is 9.82 Å². The van der Waals surface area contributed by atoms with Crippen molar-refractivity contribution in [2.45, 2.75) is 56.6 Å². The highest BCUT2D eigenvalue weighted by molar-refractivity contribution is 7.89. The molecule has 1 aromatic heterocycles. The van der Waals surface area contributed by atoms with E-state index in [1.54, 1.807) is 4.68 Å². The zero-order valence-corrected chi connectivity index (χ0v) is 13.2. The molecule has 0 saturated heterocycles. The van der Waals surface area contributed by atoms with Gasteiger partial charge in [0, 0.05) is 19.3 Å². The lowest BCUT2D eigenvalue weighted by atomic mass is 10.3. The van der Waals surface area contributed by atoms with Crippen LogP contribution in [-0.4, -0.2) is 37.5 Å². The Bertz CT molecular complexity index is 550. The third-order valence-electron chi connectivity index (χ3n) is 3.55. The maximum Gasteiger partial charge on any atom is 0.245 e. The molecular weight excluding hydrogens is 292 g/mol. The summed E-state index contributed by atoms with van der Waals surface area (Å²) in [6.07, 6.45) is 7.16. The van der Waals surface area contributed by atoms with Gasteiger partial charge in [0.15, 0.2) is 5.82 Å². The topological polar surface area (TPSA) is 99.2 Å². The zero-order valence-electron chi connectivity index (χ0n) is 12.4. The Labute approximate surface area is 125 Å². The molecule has 7 nitrogen and oxygen atoms in total. The summed E-state index contributed by atoms with van der Waals surface area (Å²) >= 11 is 0. The van der Waals surface area contributed by atoms with Crippen molar-refractivity contribution in [2.75, 3.05) is 18.9 Å². The molecule has 1 heterocycles. The third-order valence-corrected chi connectivity index (χ3v) is 5.02. The Kier molecular flexibility index (Phi) is 5.60. The lowest BCUT2D eigenvalue weighted by Gasteiger charge is -2.11. The van der Waals surface area contributed by atoms with Gasteiger partial charge in [0.25, 0.3) is 0 Å². The molecule has 1 aliphatic carbocycles. The summed E-state index contributed by atoms with van der Waals surface area (Å²) < 4.78 is 34.0. The number of aryl methyl sites for hydroxylation is 1. The fourth-order valence-corrected chi connectivity index (χ4v) is 3.59. The molecule has 0 spiro atoms. The molecular formula is C13H24N4O3S. The molecule has 8 heteroatoms. The standard InChI is InChI=1S/C13H24N4O3S/c1-2-8-17-10-12(13(14)16-17)21(18,19)15-7-9-20-11-5-3-4-6-11/h10-11,15H,2-9H2,1H3,(H2,14,16). The monoisotopic (exact) mass is 316 g/mol. The Morgan fingerprint density at radius 1 is 1.48 bits per heavy atom. The van der Waals surface area contributed by atoms with Gasteiger partial charge in [0.2, 0.25) is 10.0 Å². The summed E-state index contributed by atoms with van der Waals surface area (Å²) in [4.78, 5) is 0.0387. The van der Waals surface area contributed by atoms with Gasteiger partial charge in [-0.05, 0) is 19.3 Å². The second-order valence-corrected chi connectivity index (χ2v) is 7.05. The average molecular weight is 316 g/mol. The number of aromatic nitrogens is 2. The van der Waals surface area contributed by atoms with Gasteiger partial charge in [-0.25, -0.2) is 13.1 Å².